The Hall–Kier alpha value is -2.77. The Morgan fingerprint density at radius 1 is 1.21 bits per heavy atom. The van der Waals surface area contributed by atoms with Crippen LogP contribution in [0, 0.1) is 11.8 Å². The summed E-state index contributed by atoms with van der Waals surface area (Å²) in [6.45, 7) is 6.05. The van der Waals surface area contributed by atoms with E-state index in [0.29, 0.717) is 36.9 Å². The van der Waals surface area contributed by atoms with Gasteiger partial charge in [-0.25, -0.2) is 4.98 Å². The molecule has 2 aliphatic rings. The maximum atomic E-state index is 13.2. The zero-order valence-corrected chi connectivity index (χ0v) is 16.4. The maximum Gasteiger partial charge on any atom is 0.272 e. The van der Waals surface area contributed by atoms with E-state index in [1.54, 1.807) is 40.3 Å². The first-order chi connectivity index (χ1) is 13.5. The Balaban J connectivity index is 1.55. The molecular formula is C20H26N6O2. The standard InChI is InChI=1S/C20H26N6O2/c1-14(2)17-11-24(9-8-19(27)26(17)10-15-6-7-15)20(28)16-4-3-5-18(23-16)25-12-21-22-13-25/h3-5,12-15,17H,6-11H2,1-2H3. The molecule has 1 aliphatic carbocycles. The second-order valence-electron chi connectivity index (χ2n) is 8.05. The normalized spacial score (nSPS) is 20.5. The van der Waals surface area contributed by atoms with Crippen LogP contribution < -0.4 is 0 Å². The fraction of sp³-hybridized carbons (Fsp3) is 0.550. The second-order valence-corrected chi connectivity index (χ2v) is 8.05. The van der Waals surface area contributed by atoms with Gasteiger partial charge in [0.15, 0.2) is 0 Å². The number of rotatable bonds is 5. The fourth-order valence-corrected chi connectivity index (χ4v) is 3.71. The zero-order valence-electron chi connectivity index (χ0n) is 16.4. The molecule has 4 rings (SSSR count). The molecule has 3 heterocycles. The first kappa shape index (κ1) is 18.6. The highest BCUT2D eigenvalue weighted by Gasteiger charge is 2.37. The van der Waals surface area contributed by atoms with E-state index in [4.69, 9.17) is 0 Å². The minimum Gasteiger partial charge on any atom is -0.337 e. The summed E-state index contributed by atoms with van der Waals surface area (Å²) < 4.78 is 1.66. The third-order valence-electron chi connectivity index (χ3n) is 5.57. The third-order valence-corrected chi connectivity index (χ3v) is 5.57. The predicted octanol–water partition coefficient (Wildman–Crippen LogP) is 1.77. The Bertz CT molecular complexity index is 846. The van der Waals surface area contributed by atoms with Gasteiger partial charge in [-0.3, -0.25) is 14.2 Å². The first-order valence-electron chi connectivity index (χ1n) is 9.93. The molecule has 1 atom stereocenters. The average molecular weight is 382 g/mol. The van der Waals surface area contributed by atoms with E-state index in [1.807, 2.05) is 4.90 Å². The Labute approximate surface area is 164 Å². The van der Waals surface area contributed by atoms with Crippen molar-refractivity contribution in [3.8, 4) is 5.82 Å². The number of hydrogen-bond acceptors (Lipinski definition) is 5. The minimum absolute atomic E-state index is 0.0422. The van der Waals surface area contributed by atoms with E-state index < -0.39 is 0 Å². The van der Waals surface area contributed by atoms with Gasteiger partial charge in [0, 0.05) is 26.1 Å². The molecule has 0 N–H and O–H groups in total. The first-order valence-corrected chi connectivity index (χ1v) is 9.93. The van der Waals surface area contributed by atoms with Crippen LogP contribution in [-0.2, 0) is 4.79 Å². The smallest absolute Gasteiger partial charge is 0.272 e. The van der Waals surface area contributed by atoms with Gasteiger partial charge in [0.05, 0.1) is 6.04 Å². The van der Waals surface area contributed by atoms with Gasteiger partial charge in [0.1, 0.15) is 24.2 Å². The molecular weight excluding hydrogens is 356 g/mol. The van der Waals surface area contributed by atoms with E-state index in [0.717, 1.165) is 6.54 Å². The topological polar surface area (TPSA) is 84.2 Å². The second kappa shape index (κ2) is 7.69. The van der Waals surface area contributed by atoms with E-state index in [9.17, 15) is 9.59 Å². The molecule has 1 saturated carbocycles. The summed E-state index contributed by atoms with van der Waals surface area (Å²) >= 11 is 0. The van der Waals surface area contributed by atoms with Crippen molar-refractivity contribution in [3.05, 3.63) is 36.5 Å². The number of aromatic nitrogens is 4. The van der Waals surface area contributed by atoms with Crippen LogP contribution in [0.25, 0.3) is 5.82 Å². The summed E-state index contributed by atoms with van der Waals surface area (Å²) in [6.07, 6.45) is 5.87. The number of nitrogens with zero attached hydrogens (tertiary/aromatic N) is 6. The average Bonchev–Trinajstić information content (AvgIpc) is 3.38. The Morgan fingerprint density at radius 2 is 1.96 bits per heavy atom. The monoisotopic (exact) mass is 382 g/mol. The molecule has 2 amide bonds. The molecule has 148 valence electrons. The summed E-state index contributed by atoms with van der Waals surface area (Å²) in [5, 5.41) is 7.57. The van der Waals surface area contributed by atoms with Gasteiger partial charge in [-0.05, 0) is 36.8 Å². The molecule has 0 spiro atoms. The van der Waals surface area contributed by atoms with Crippen molar-refractivity contribution in [1.82, 2.24) is 29.5 Å². The lowest BCUT2D eigenvalue weighted by Crippen LogP contribution is -2.48. The van der Waals surface area contributed by atoms with Gasteiger partial charge in [0.2, 0.25) is 5.91 Å². The molecule has 1 unspecified atom stereocenters. The molecule has 2 aromatic heterocycles. The lowest BCUT2D eigenvalue weighted by molar-refractivity contribution is -0.133. The Morgan fingerprint density at radius 3 is 2.64 bits per heavy atom. The van der Waals surface area contributed by atoms with Crippen LogP contribution in [0.3, 0.4) is 0 Å². The fourth-order valence-electron chi connectivity index (χ4n) is 3.71. The quantitative estimate of drug-likeness (QED) is 0.787. The van der Waals surface area contributed by atoms with Gasteiger partial charge in [-0.1, -0.05) is 19.9 Å². The predicted molar refractivity (Wildman–Crippen MR) is 103 cm³/mol. The number of carbonyl (C=O) groups is 2. The van der Waals surface area contributed by atoms with Crippen LogP contribution >= 0.6 is 0 Å². The molecule has 8 nitrogen and oxygen atoms in total. The highest BCUT2D eigenvalue weighted by Crippen LogP contribution is 2.32. The number of hydrogen-bond donors (Lipinski definition) is 0. The van der Waals surface area contributed by atoms with Gasteiger partial charge in [-0.2, -0.15) is 0 Å². The van der Waals surface area contributed by atoms with Gasteiger partial charge < -0.3 is 9.80 Å². The van der Waals surface area contributed by atoms with Crippen molar-refractivity contribution in [2.75, 3.05) is 19.6 Å². The van der Waals surface area contributed by atoms with Crippen molar-refractivity contribution in [1.29, 1.82) is 0 Å². The van der Waals surface area contributed by atoms with Crippen LogP contribution in [-0.4, -0.2) is 67.0 Å². The summed E-state index contributed by atoms with van der Waals surface area (Å²) in [5.74, 6) is 1.54. The molecule has 2 aromatic rings. The van der Waals surface area contributed by atoms with Crippen molar-refractivity contribution in [2.24, 2.45) is 11.8 Å². The van der Waals surface area contributed by atoms with Crippen LogP contribution in [0.15, 0.2) is 30.9 Å². The molecule has 28 heavy (non-hydrogen) atoms. The molecule has 1 aliphatic heterocycles. The number of pyridine rings is 1. The summed E-state index contributed by atoms with van der Waals surface area (Å²) in [6, 6.07) is 5.37. The van der Waals surface area contributed by atoms with Gasteiger partial charge in [-0.15, -0.1) is 10.2 Å². The molecule has 0 aromatic carbocycles. The van der Waals surface area contributed by atoms with Crippen molar-refractivity contribution in [2.45, 2.75) is 39.2 Å². The third kappa shape index (κ3) is 3.90. The largest absolute Gasteiger partial charge is 0.337 e. The highest BCUT2D eigenvalue weighted by atomic mass is 16.2. The van der Waals surface area contributed by atoms with E-state index >= 15 is 0 Å². The zero-order chi connectivity index (χ0) is 19.7. The number of carbonyl (C=O) groups excluding carboxylic acids is 2. The van der Waals surface area contributed by atoms with Crippen LogP contribution in [0.1, 0.15) is 43.6 Å². The van der Waals surface area contributed by atoms with Crippen molar-refractivity contribution >= 4 is 11.8 Å². The summed E-state index contributed by atoms with van der Waals surface area (Å²) in [5.41, 5.74) is 0.372. The van der Waals surface area contributed by atoms with Crippen LogP contribution in [0.2, 0.25) is 0 Å². The molecule has 2 fully saturated rings. The maximum absolute atomic E-state index is 13.2. The Kier molecular flexibility index (Phi) is 5.11. The molecule has 8 heteroatoms. The van der Waals surface area contributed by atoms with Crippen LogP contribution in [0.4, 0.5) is 0 Å². The molecule has 0 bridgehead atoms. The van der Waals surface area contributed by atoms with E-state index in [2.05, 4.69) is 29.0 Å². The van der Waals surface area contributed by atoms with Crippen molar-refractivity contribution < 1.29 is 9.59 Å². The number of amides is 2. The minimum atomic E-state index is -0.137. The van der Waals surface area contributed by atoms with Gasteiger partial charge in [0.25, 0.3) is 5.91 Å². The lowest BCUT2D eigenvalue weighted by Gasteiger charge is -2.34. The summed E-state index contributed by atoms with van der Waals surface area (Å²) in [7, 11) is 0. The van der Waals surface area contributed by atoms with E-state index in [1.165, 1.54) is 12.8 Å². The van der Waals surface area contributed by atoms with Crippen molar-refractivity contribution in [3.63, 3.8) is 0 Å². The molecule has 1 saturated heterocycles. The summed E-state index contributed by atoms with van der Waals surface area (Å²) in [4.78, 5) is 34.2. The van der Waals surface area contributed by atoms with E-state index in [-0.39, 0.29) is 23.8 Å². The highest BCUT2D eigenvalue weighted by molar-refractivity contribution is 5.93. The molecule has 0 radical (unpaired) electrons. The lowest BCUT2D eigenvalue weighted by atomic mass is 10.0. The SMILES string of the molecule is CC(C)C1CN(C(=O)c2cccc(-n3cnnc3)n2)CCC(=O)N1CC1CC1. The van der Waals surface area contributed by atoms with Crippen LogP contribution in [0.5, 0.6) is 0 Å². The van der Waals surface area contributed by atoms with Gasteiger partial charge >= 0.3 is 0 Å².